The van der Waals surface area contributed by atoms with Gasteiger partial charge in [-0.25, -0.2) is 4.79 Å². The zero-order chi connectivity index (χ0) is 13.0. The molecule has 2 rings (SSSR count). The van der Waals surface area contributed by atoms with Gasteiger partial charge in [0.25, 0.3) is 0 Å². The van der Waals surface area contributed by atoms with Crippen LogP contribution in [-0.2, 0) is 11.2 Å². The summed E-state index contributed by atoms with van der Waals surface area (Å²) in [6.07, 6.45) is 0.271. The van der Waals surface area contributed by atoms with Crippen molar-refractivity contribution in [3.63, 3.8) is 0 Å². The summed E-state index contributed by atoms with van der Waals surface area (Å²) in [5.74, 6) is 0.943. The molecule has 6 heteroatoms. The van der Waals surface area contributed by atoms with E-state index in [4.69, 9.17) is 10.5 Å². The van der Waals surface area contributed by atoms with Gasteiger partial charge in [0.15, 0.2) is 0 Å². The molecule has 0 aromatic heterocycles. The maximum atomic E-state index is 10.3. The van der Waals surface area contributed by atoms with Gasteiger partial charge in [0, 0.05) is 24.0 Å². The van der Waals surface area contributed by atoms with Crippen molar-refractivity contribution >= 4 is 22.0 Å². The first-order chi connectivity index (χ1) is 8.65. The molecule has 1 amide bonds. The van der Waals surface area contributed by atoms with Gasteiger partial charge in [-0.2, -0.15) is 0 Å². The molecule has 1 aromatic carbocycles. The molecule has 0 saturated heterocycles. The van der Waals surface area contributed by atoms with Crippen LogP contribution in [-0.4, -0.2) is 31.9 Å². The van der Waals surface area contributed by atoms with Crippen LogP contribution in [0.4, 0.5) is 4.79 Å². The van der Waals surface area contributed by atoms with E-state index in [1.54, 1.807) is 0 Å². The summed E-state index contributed by atoms with van der Waals surface area (Å²) in [6.45, 7) is 1.57. The largest absolute Gasteiger partial charge is 0.488 e. The van der Waals surface area contributed by atoms with Crippen LogP contribution in [0.3, 0.4) is 0 Å². The second-order valence-electron chi connectivity index (χ2n) is 4.07. The molecule has 18 heavy (non-hydrogen) atoms. The number of carbonyl (C=O) groups is 1. The van der Waals surface area contributed by atoms with E-state index < -0.39 is 6.09 Å². The molecule has 1 unspecified atom stereocenters. The summed E-state index contributed by atoms with van der Waals surface area (Å²) in [7, 11) is 0. The van der Waals surface area contributed by atoms with Crippen LogP contribution < -0.4 is 15.8 Å². The Morgan fingerprint density at radius 3 is 3.22 bits per heavy atom. The van der Waals surface area contributed by atoms with Crippen LogP contribution in [0, 0.1) is 0 Å². The number of primary amides is 1. The molecule has 5 nitrogen and oxygen atoms in total. The number of hydrogen-bond donors (Lipinski definition) is 2. The maximum Gasteiger partial charge on any atom is 0.404 e. The Balaban J connectivity index is 1.70. The van der Waals surface area contributed by atoms with Crippen LogP contribution in [0.5, 0.6) is 5.75 Å². The predicted octanol–water partition coefficient (Wildman–Crippen LogP) is 1.44. The molecule has 0 aliphatic carbocycles. The van der Waals surface area contributed by atoms with Gasteiger partial charge in [-0.3, -0.25) is 0 Å². The lowest BCUT2D eigenvalue weighted by Crippen LogP contribution is -2.33. The van der Waals surface area contributed by atoms with Crippen molar-refractivity contribution in [1.82, 2.24) is 5.32 Å². The molecule has 0 fully saturated rings. The third-order valence-electron chi connectivity index (χ3n) is 2.66. The minimum absolute atomic E-state index is 0.128. The number of halogens is 1. The summed E-state index contributed by atoms with van der Waals surface area (Å²) >= 11 is 3.44. The van der Waals surface area contributed by atoms with Crippen LogP contribution >= 0.6 is 15.9 Å². The van der Waals surface area contributed by atoms with Gasteiger partial charge in [0.05, 0.1) is 0 Å². The van der Waals surface area contributed by atoms with Crippen LogP contribution in [0.1, 0.15) is 5.56 Å². The molecular weight excluding hydrogens is 300 g/mol. The molecule has 98 valence electrons. The average molecular weight is 315 g/mol. The standard InChI is InChI=1S/C12H15BrN2O3/c13-9-1-2-11-8(5-9)6-10(18-11)7-15-3-4-17-12(14)16/h1-2,5,10,15H,3-4,6-7H2,(H2,14,16). The van der Waals surface area contributed by atoms with Crippen molar-refractivity contribution in [2.45, 2.75) is 12.5 Å². The van der Waals surface area contributed by atoms with Crippen molar-refractivity contribution in [3.05, 3.63) is 28.2 Å². The van der Waals surface area contributed by atoms with E-state index in [1.165, 1.54) is 5.56 Å². The smallest absolute Gasteiger partial charge is 0.404 e. The molecular formula is C12H15BrN2O3. The number of nitrogens with one attached hydrogen (secondary N) is 1. The molecule has 0 saturated carbocycles. The van der Waals surface area contributed by atoms with Crippen molar-refractivity contribution < 1.29 is 14.3 Å². The number of ether oxygens (including phenoxy) is 2. The minimum atomic E-state index is -0.744. The SMILES string of the molecule is NC(=O)OCCNCC1Cc2cc(Br)ccc2O1. The number of nitrogens with two attached hydrogens (primary N) is 1. The monoisotopic (exact) mass is 314 g/mol. The van der Waals surface area contributed by atoms with E-state index in [0.29, 0.717) is 13.1 Å². The highest BCUT2D eigenvalue weighted by molar-refractivity contribution is 9.10. The summed E-state index contributed by atoms with van der Waals surface area (Å²) < 4.78 is 11.5. The van der Waals surface area contributed by atoms with E-state index in [0.717, 1.165) is 16.6 Å². The molecule has 1 aromatic rings. The van der Waals surface area contributed by atoms with E-state index in [-0.39, 0.29) is 12.7 Å². The Morgan fingerprint density at radius 1 is 1.61 bits per heavy atom. The van der Waals surface area contributed by atoms with Crippen molar-refractivity contribution in [2.24, 2.45) is 5.73 Å². The highest BCUT2D eigenvalue weighted by Gasteiger charge is 2.22. The summed E-state index contributed by atoms with van der Waals surface area (Å²) in [5, 5.41) is 3.16. The third-order valence-corrected chi connectivity index (χ3v) is 3.15. The lowest BCUT2D eigenvalue weighted by atomic mass is 10.1. The highest BCUT2D eigenvalue weighted by atomic mass is 79.9. The van der Waals surface area contributed by atoms with E-state index in [9.17, 15) is 4.79 Å². The Bertz CT molecular complexity index is 439. The van der Waals surface area contributed by atoms with Crippen LogP contribution in [0.25, 0.3) is 0 Å². The normalized spacial score (nSPS) is 17.1. The number of carbonyl (C=O) groups excluding carboxylic acids is 1. The molecule has 3 N–H and O–H groups in total. The van der Waals surface area contributed by atoms with E-state index >= 15 is 0 Å². The quantitative estimate of drug-likeness (QED) is 0.807. The number of hydrogen-bond acceptors (Lipinski definition) is 4. The zero-order valence-corrected chi connectivity index (χ0v) is 11.4. The van der Waals surface area contributed by atoms with Gasteiger partial charge in [-0.1, -0.05) is 15.9 Å². The van der Waals surface area contributed by atoms with E-state index in [1.807, 2.05) is 12.1 Å². The van der Waals surface area contributed by atoms with Gasteiger partial charge >= 0.3 is 6.09 Å². The topological polar surface area (TPSA) is 73.6 Å². The first-order valence-electron chi connectivity index (χ1n) is 5.73. The van der Waals surface area contributed by atoms with Gasteiger partial charge < -0.3 is 20.5 Å². The van der Waals surface area contributed by atoms with Crippen molar-refractivity contribution in [1.29, 1.82) is 0 Å². The zero-order valence-electron chi connectivity index (χ0n) is 9.82. The summed E-state index contributed by atoms with van der Waals surface area (Å²) in [6, 6.07) is 6.01. The fraction of sp³-hybridized carbons (Fsp3) is 0.417. The molecule has 0 spiro atoms. The minimum Gasteiger partial charge on any atom is -0.488 e. The van der Waals surface area contributed by atoms with Crippen molar-refractivity contribution in [3.8, 4) is 5.75 Å². The first kappa shape index (κ1) is 13.2. The van der Waals surface area contributed by atoms with Gasteiger partial charge in [0.1, 0.15) is 18.5 Å². The van der Waals surface area contributed by atoms with Gasteiger partial charge in [-0.15, -0.1) is 0 Å². The number of amides is 1. The maximum absolute atomic E-state index is 10.3. The first-order valence-corrected chi connectivity index (χ1v) is 6.52. The lowest BCUT2D eigenvalue weighted by Gasteiger charge is -2.11. The fourth-order valence-corrected chi connectivity index (χ4v) is 2.30. The fourth-order valence-electron chi connectivity index (χ4n) is 1.89. The summed E-state index contributed by atoms with van der Waals surface area (Å²) in [4.78, 5) is 10.3. The molecule has 1 atom stereocenters. The van der Waals surface area contributed by atoms with Gasteiger partial charge in [-0.05, 0) is 23.8 Å². The molecule has 0 radical (unpaired) electrons. The molecule has 1 aliphatic heterocycles. The average Bonchev–Trinajstić information content (AvgIpc) is 2.70. The Kier molecular flexibility index (Phi) is 4.43. The predicted molar refractivity (Wildman–Crippen MR) is 70.7 cm³/mol. The molecule has 0 bridgehead atoms. The van der Waals surface area contributed by atoms with Crippen LogP contribution in [0.15, 0.2) is 22.7 Å². The summed E-state index contributed by atoms with van der Waals surface area (Å²) in [5.41, 5.74) is 6.06. The Labute approximate surface area is 114 Å². The molecule has 1 heterocycles. The number of rotatable bonds is 5. The Hall–Kier alpha value is -1.27. The van der Waals surface area contributed by atoms with Crippen LogP contribution in [0.2, 0.25) is 0 Å². The second kappa shape index (κ2) is 6.06. The molecule has 1 aliphatic rings. The van der Waals surface area contributed by atoms with Gasteiger partial charge in [0.2, 0.25) is 0 Å². The number of benzene rings is 1. The number of fused-ring (bicyclic) bond motifs is 1. The lowest BCUT2D eigenvalue weighted by molar-refractivity contribution is 0.155. The highest BCUT2D eigenvalue weighted by Crippen LogP contribution is 2.30. The van der Waals surface area contributed by atoms with E-state index in [2.05, 4.69) is 32.0 Å². The Morgan fingerprint density at radius 2 is 2.44 bits per heavy atom. The van der Waals surface area contributed by atoms with Crippen molar-refractivity contribution in [2.75, 3.05) is 19.7 Å². The second-order valence-corrected chi connectivity index (χ2v) is 4.98. The third kappa shape index (κ3) is 3.61.